The lowest BCUT2D eigenvalue weighted by atomic mass is 10.0. The summed E-state index contributed by atoms with van der Waals surface area (Å²) in [5.74, 6) is -0.923. The summed E-state index contributed by atoms with van der Waals surface area (Å²) in [6, 6.07) is 0. The van der Waals surface area contributed by atoms with Crippen LogP contribution >= 0.6 is 0 Å². The lowest BCUT2D eigenvalue weighted by Gasteiger charge is -2.18. The highest BCUT2D eigenvalue weighted by Gasteiger charge is 2.19. The predicted molar refractivity (Wildman–Crippen MR) is 330 cm³/mol. The van der Waals surface area contributed by atoms with E-state index in [1.807, 2.05) is 0 Å². The third-order valence-electron chi connectivity index (χ3n) is 13.9. The van der Waals surface area contributed by atoms with E-state index in [4.69, 9.17) is 14.2 Å². The van der Waals surface area contributed by atoms with Crippen LogP contribution in [0.5, 0.6) is 0 Å². The van der Waals surface area contributed by atoms with E-state index in [2.05, 4.69) is 118 Å². The third-order valence-corrected chi connectivity index (χ3v) is 13.9. The minimum absolute atomic E-state index is 0.0877. The van der Waals surface area contributed by atoms with E-state index in [-0.39, 0.29) is 31.1 Å². The molecule has 0 rings (SSSR count). The molecule has 0 saturated carbocycles. The van der Waals surface area contributed by atoms with Crippen molar-refractivity contribution >= 4 is 17.9 Å². The Bertz CT molecular complexity index is 1490. The molecule has 6 heteroatoms. The van der Waals surface area contributed by atoms with Crippen LogP contribution in [-0.2, 0) is 28.6 Å². The van der Waals surface area contributed by atoms with Crippen LogP contribution in [0.2, 0.25) is 0 Å². The fourth-order valence-electron chi connectivity index (χ4n) is 9.05. The molecule has 0 saturated heterocycles. The first kappa shape index (κ1) is 72.3. The molecule has 436 valence electrons. The van der Waals surface area contributed by atoms with Crippen LogP contribution in [0.25, 0.3) is 0 Å². The summed E-state index contributed by atoms with van der Waals surface area (Å²) in [7, 11) is 0. The quantitative estimate of drug-likeness (QED) is 0.0261. The van der Waals surface area contributed by atoms with Gasteiger partial charge >= 0.3 is 17.9 Å². The topological polar surface area (TPSA) is 78.9 Å². The maximum atomic E-state index is 12.9. The SMILES string of the molecule is CC/C=C\C/C=C\C/C=C\C/C=C\C/C=C\C/C=C\C/C=C\C/C=C\CCCCC(=O)OCC(COC(=O)CCCCCCCCCCCC)OC(=O)CCCCCCCCCCCCCCCCCCCCCCC. The molecule has 76 heavy (non-hydrogen) atoms. The molecule has 0 fully saturated rings. The van der Waals surface area contributed by atoms with Crippen LogP contribution in [-0.4, -0.2) is 37.2 Å². The molecule has 0 radical (unpaired) electrons. The molecule has 0 aromatic rings. The second kappa shape index (κ2) is 63.9. The van der Waals surface area contributed by atoms with Gasteiger partial charge in [0.15, 0.2) is 6.10 Å². The Morgan fingerprint density at radius 3 is 0.803 bits per heavy atom. The van der Waals surface area contributed by atoms with Crippen molar-refractivity contribution in [3.8, 4) is 0 Å². The average molecular weight is 1060 g/mol. The van der Waals surface area contributed by atoms with E-state index in [9.17, 15) is 14.4 Å². The number of ether oxygens (including phenoxy) is 3. The molecule has 0 heterocycles. The van der Waals surface area contributed by atoms with Gasteiger partial charge in [-0.1, -0.05) is 304 Å². The number of esters is 3. The Balaban J connectivity index is 4.33. The average Bonchev–Trinajstić information content (AvgIpc) is 3.42. The zero-order valence-corrected chi connectivity index (χ0v) is 50.0. The Labute approximate surface area is 470 Å². The van der Waals surface area contributed by atoms with Crippen molar-refractivity contribution in [2.75, 3.05) is 13.2 Å². The van der Waals surface area contributed by atoms with Crippen LogP contribution in [0, 0.1) is 0 Å². The zero-order valence-electron chi connectivity index (χ0n) is 50.0. The fourth-order valence-corrected chi connectivity index (χ4v) is 9.05. The third kappa shape index (κ3) is 61.2. The van der Waals surface area contributed by atoms with Crippen LogP contribution in [0.3, 0.4) is 0 Å². The molecular weight excluding hydrogens is 937 g/mol. The van der Waals surface area contributed by atoms with Crippen molar-refractivity contribution < 1.29 is 28.6 Å². The van der Waals surface area contributed by atoms with E-state index in [1.165, 1.54) is 161 Å². The van der Waals surface area contributed by atoms with Gasteiger partial charge in [-0.05, 0) is 83.5 Å². The molecule has 0 spiro atoms. The number of carbonyl (C=O) groups excluding carboxylic acids is 3. The molecule has 0 bridgehead atoms. The van der Waals surface area contributed by atoms with E-state index >= 15 is 0 Å². The fraction of sp³-hybridized carbons (Fsp3) is 0.729. The largest absolute Gasteiger partial charge is 0.462 e. The van der Waals surface area contributed by atoms with E-state index in [0.29, 0.717) is 19.3 Å². The molecule has 0 aliphatic heterocycles. The number of unbranched alkanes of at least 4 members (excludes halogenated alkanes) is 31. The number of allylic oxidation sites excluding steroid dienone is 16. The summed E-state index contributed by atoms with van der Waals surface area (Å²) in [5, 5.41) is 0. The Kier molecular flexibility index (Phi) is 60.8. The number of hydrogen-bond donors (Lipinski definition) is 0. The summed E-state index contributed by atoms with van der Waals surface area (Å²) in [4.78, 5) is 38.2. The summed E-state index contributed by atoms with van der Waals surface area (Å²) in [5.41, 5.74) is 0. The standard InChI is InChI=1S/C70H120O6/c1-4-7-10-13-16-19-22-24-26-28-30-32-33-34-35-36-37-39-40-42-44-46-48-51-54-57-60-63-69(72)75-66-67(65-74-68(71)62-59-56-53-50-21-18-15-12-9-6-3)76-70(73)64-61-58-55-52-49-47-45-43-41-38-31-29-27-25-23-20-17-14-11-8-5-2/h7,10,16,19,24,26,30,32,34-35,37,39,42,44,48,51,67H,4-6,8-9,11-15,17-18,20-23,25,27-29,31,33,36,38,40-41,43,45-47,49-50,52-66H2,1-3H3/b10-7-,19-16-,26-24-,32-30-,35-34-,39-37-,44-42-,51-48-. The smallest absolute Gasteiger partial charge is 0.306 e. The minimum Gasteiger partial charge on any atom is -0.462 e. The second-order valence-electron chi connectivity index (χ2n) is 21.3. The monoisotopic (exact) mass is 1060 g/mol. The number of carbonyl (C=O) groups is 3. The molecular formula is C70H120O6. The Morgan fingerprint density at radius 2 is 0.513 bits per heavy atom. The number of rotatable bonds is 58. The molecule has 0 aliphatic rings. The highest BCUT2D eigenvalue weighted by molar-refractivity contribution is 5.71. The summed E-state index contributed by atoms with van der Waals surface area (Å²) < 4.78 is 16.9. The van der Waals surface area contributed by atoms with Gasteiger partial charge in [-0.15, -0.1) is 0 Å². The van der Waals surface area contributed by atoms with Gasteiger partial charge in [0.05, 0.1) is 0 Å². The lowest BCUT2D eigenvalue weighted by Crippen LogP contribution is -2.30. The van der Waals surface area contributed by atoms with Gasteiger partial charge < -0.3 is 14.2 Å². The number of hydrogen-bond acceptors (Lipinski definition) is 6. The van der Waals surface area contributed by atoms with Crippen LogP contribution in [0.1, 0.15) is 310 Å². The van der Waals surface area contributed by atoms with E-state index in [0.717, 1.165) is 109 Å². The van der Waals surface area contributed by atoms with Gasteiger partial charge in [-0.3, -0.25) is 14.4 Å². The Hall–Kier alpha value is -3.67. The maximum Gasteiger partial charge on any atom is 0.306 e. The highest BCUT2D eigenvalue weighted by atomic mass is 16.6. The summed E-state index contributed by atoms with van der Waals surface area (Å²) in [6.45, 7) is 6.51. The van der Waals surface area contributed by atoms with Crippen molar-refractivity contribution in [2.45, 2.75) is 316 Å². The van der Waals surface area contributed by atoms with Gasteiger partial charge in [0, 0.05) is 19.3 Å². The lowest BCUT2D eigenvalue weighted by molar-refractivity contribution is -0.167. The molecule has 1 unspecified atom stereocenters. The summed E-state index contributed by atoms with van der Waals surface area (Å²) in [6.07, 6.45) is 85.7. The van der Waals surface area contributed by atoms with Gasteiger partial charge in [-0.2, -0.15) is 0 Å². The van der Waals surface area contributed by atoms with Gasteiger partial charge in [0.25, 0.3) is 0 Å². The first-order valence-corrected chi connectivity index (χ1v) is 32.2. The predicted octanol–water partition coefficient (Wildman–Crippen LogP) is 22.0. The highest BCUT2D eigenvalue weighted by Crippen LogP contribution is 2.17. The van der Waals surface area contributed by atoms with Crippen molar-refractivity contribution in [1.82, 2.24) is 0 Å². The maximum absolute atomic E-state index is 12.9. The van der Waals surface area contributed by atoms with Crippen molar-refractivity contribution in [3.05, 3.63) is 97.2 Å². The minimum atomic E-state index is -0.793. The first-order chi connectivity index (χ1) is 37.5. The van der Waals surface area contributed by atoms with Crippen molar-refractivity contribution in [2.24, 2.45) is 0 Å². The van der Waals surface area contributed by atoms with Gasteiger partial charge in [0.2, 0.25) is 0 Å². The van der Waals surface area contributed by atoms with Crippen molar-refractivity contribution in [1.29, 1.82) is 0 Å². The van der Waals surface area contributed by atoms with Crippen LogP contribution < -0.4 is 0 Å². The first-order valence-electron chi connectivity index (χ1n) is 32.2. The zero-order chi connectivity index (χ0) is 55.0. The van der Waals surface area contributed by atoms with Gasteiger partial charge in [0.1, 0.15) is 13.2 Å². The second-order valence-corrected chi connectivity index (χ2v) is 21.3. The molecule has 0 amide bonds. The van der Waals surface area contributed by atoms with E-state index in [1.54, 1.807) is 0 Å². The molecule has 1 atom stereocenters. The summed E-state index contributed by atoms with van der Waals surface area (Å²) >= 11 is 0. The molecule has 6 nitrogen and oxygen atoms in total. The van der Waals surface area contributed by atoms with Gasteiger partial charge in [-0.25, -0.2) is 0 Å². The molecule has 0 N–H and O–H groups in total. The van der Waals surface area contributed by atoms with Crippen LogP contribution in [0.4, 0.5) is 0 Å². The Morgan fingerprint density at radius 1 is 0.276 bits per heavy atom. The van der Waals surface area contributed by atoms with Crippen molar-refractivity contribution in [3.63, 3.8) is 0 Å². The van der Waals surface area contributed by atoms with Crippen LogP contribution in [0.15, 0.2) is 97.2 Å². The van der Waals surface area contributed by atoms with E-state index < -0.39 is 6.10 Å². The molecule has 0 aromatic carbocycles. The molecule has 0 aromatic heterocycles. The molecule has 0 aliphatic carbocycles. The normalized spacial score (nSPS) is 12.7.